The Hall–Kier alpha value is -3.10. The van der Waals surface area contributed by atoms with Gasteiger partial charge in [0.25, 0.3) is 0 Å². The van der Waals surface area contributed by atoms with Crippen LogP contribution in [0.5, 0.6) is 0 Å². The van der Waals surface area contributed by atoms with E-state index in [-0.39, 0.29) is 25.8 Å². The van der Waals surface area contributed by atoms with Crippen molar-refractivity contribution in [3.8, 4) is 0 Å². The molecule has 9 heteroatoms. The summed E-state index contributed by atoms with van der Waals surface area (Å²) in [7, 11) is 1.63. The number of quaternary nitrogens is 1. The molecule has 0 bridgehead atoms. The van der Waals surface area contributed by atoms with Crippen molar-refractivity contribution < 1.29 is 37.3 Å². The van der Waals surface area contributed by atoms with Crippen LogP contribution in [0.4, 0.5) is 0 Å². The van der Waals surface area contributed by atoms with Gasteiger partial charge in [-0.1, -0.05) is 225 Å². The summed E-state index contributed by atoms with van der Waals surface area (Å²) in [6.45, 7) is 5.41. The normalized spacial score (nSPS) is 14.3. The number of hydrogen-bond donors (Lipinski definition) is 1. The number of allylic oxidation sites excluding steroid dienone is 20. The summed E-state index contributed by atoms with van der Waals surface area (Å²) >= 11 is 0. The van der Waals surface area contributed by atoms with E-state index in [4.69, 9.17) is 18.5 Å². The van der Waals surface area contributed by atoms with E-state index in [1.807, 2.05) is 21.1 Å². The molecule has 2 unspecified atom stereocenters. The van der Waals surface area contributed by atoms with E-state index < -0.39 is 13.9 Å². The van der Waals surface area contributed by atoms with E-state index in [2.05, 4.69) is 135 Å². The predicted molar refractivity (Wildman–Crippen MR) is 316 cm³/mol. The smallest absolute Gasteiger partial charge is 0.457 e. The Labute approximate surface area is 450 Å². The highest BCUT2D eigenvalue weighted by Gasteiger charge is 2.26. The number of carbonyl (C=O) groups excluding carboxylic acids is 1. The molecule has 0 rings (SSSR count). The average molecular weight is 1040 g/mol. The van der Waals surface area contributed by atoms with Gasteiger partial charge in [-0.15, -0.1) is 0 Å². The van der Waals surface area contributed by atoms with Crippen LogP contribution in [0.2, 0.25) is 0 Å². The molecule has 0 aromatic carbocycles. The fourth-order valence-corrected chi connectivity index (χ4v) is 8.28. The van der Waals surface area contributed by atoms with Crippen LogP contribution in [0, 0.1) is 0 Å². The quantitative estimate of drug-likeness (QED) is 0.0213. The first-order valence-corrected chi connectivity index (χ1v) is 30.8. The molecule has 0 spiro atoms. The lowest BCUT2D eigenvalue weighted by Crippen LogP contribution is -2.37. The molecule has 2 atom stereocenters. The topological polar surface area (TPSA) is 91.3 Å². The summed E-state index contributed by atoms with van der Waals surface area (Å²) in [5.41, 5.74) is 0. The Balaban J connectivity index is 4.19. The maximum Gasteiger partial charge on any atom is 0.472 e. The van der Waals surface area contributed by atoms with Gasteiger partial charge in [0.05, 0.1) is 34.4 Å². The third kappa shape index (κ3) is 59.7. The van der Waals surface area contributed by atoms with Crippen molar-refractivity contribution in [3.05, 3.63) is 122 Å². The van der Waals surface area contributed by atoms with E-state index in [0.717, 1.165) is 109 Å². The van der Waals surface area contributed by atoms with Gasteiger partial charge >= 0.3 is 13.8 Å². The number of rotatable bonds is 53. The largest absolute Gasteiger partial charge is 0.472 e. The molecule has 0 radical (unpaired) electrons. The van der Waals surface area contributed by atoms with Gasteiger partial charge in [-0.05, 0) is 109 Å². The zero-order chi connectivity index (χ0) is 53.3. The van der Waals surface area contributed by atoms with E-state index in [1.54, 1.807) is 0 Å². The fraction of sp³-hybridized carbons (Fsp3) is 0.672. The number of hydrogen-bond acceptors (Lipinski definition) is 6. The van der Waals surface area contributed by atoms with Crippen molar-refractivity contribution >= 4 is 13.8 Å². The number of nitrogens with zero attached hydrogens (tertiary/aromatic N) is 1. The molecule has 0 amide bonds. The summed E-state index contributed by atoms with van der Waals surface area (Å²) in [5, 5.41) is 0. The highest BCUT2D eigenvalue weighted by Crippen LogP contribution is 2.43. The van der Waals surface area contributed by atoms with Gasteiger partial charge in [-0.25, -0.2) is 4.57 Å². The molecule has 0 aliphatic rings. The SMILES string of the molecule is CC/C=C\C/C=C\C/C=C\C/C=C\C/C=C\C/C=C\C/C=C\CCCCCCOCC(COP(=O)(O)OCC[N+](C)(C)C)OC(=O)CCCCCCCCCCCC/C=C\C/C=C\C/C=C\CCCCCCC. The minimum Gasteiger partial charge on any atom is -0.457 e. The Morgan fingerprint density at radius 1 is 0.438 bits per heavy atom. The van der Waals surface area contributed by atoms with E-state index in [1.165, 1.54) is 89.9 Å². The fourth-order valence-electron chi connectivity index (χ4n) is 7.54. The average Bonchev–Trinajstić information content (AvgIpc) is 3.35. The zero-order valence-corrected chi connectivity index (χ0v) is 48.5. The Bertz CT molecular complexity index is 1580. The lowest BCUT2D eigenvalue weighted by atomic mass is 10.0. The minimum absolute atomic E-state index is 0.0753. The Morgan fingerprint density at radius 2 is 0.795 bits per heavy atom. The molecule has 73 heavy (non-hydrogen) atoms. The van der Waals surface area contributed by atoms with Crippen LogP contribution in [0.1, 0.15) is 219 Å². The lowest BCUT2D eigenvalue weighted by molar-refractivity contribution is -0.870. The van der Waals surface area contributed by atoms with Crippen molar-refractivity contribution in [3.63, 3.8) is 0 Å². The van der Waals surface area contributed by atoms with E-state index in [0.29, 0.717) is 24.1 Å². The summed E-state index contributed by atoms with van der Waals surface area (Å²) < 4.78 is 35.2. The zero-order valence-electron chi connectivity index (χ0n) is 47.6. The van der Waals surface area contributed by atoms with E-state index >= 15 is 0 Å². The summed E-state index contributed by atoms with van der Waals surface area (Å²) in [6, 6.07) is 0. The number of esters is 1. The summed E-state index contributed by atoms with van der Waals surface area (Å²) in [4.78, 5) is 23.1. The second kappa shape index (κ2) is 55.1. The van der Waals surface area contributed by atoms with Crippen LogP contribution in [0.3, 0.4) is 0 Å². The monoisotopic (exact) mass is 1040 g/mol. The van der Waals surface area contributed by atoms with Crippen LogP contribution in [0.15, 0.2) is 122 Å². The molecule has 8 nitrogen and oxygen atoms in total. The summed E-state index contributed by atoms with van der Waals surface area (Å²) in [6.07, 6.45) is 79.8. The third-order valence-electron chi connectivity index (χ3n) is 12.0. The predicted octanol–water partition coefficient (Wildman–Crippen LogP) is 18.8. The van der Waals surface area contributed by atoms with Gasteiger partial charge in [0.2, 0.25) is 0 Å². The highest BCUT2D eigenvalue weighted by atomic mass is 31.2. The van der Waals surface area contributed by atoms with Gasteiger partial charge in [-0.3, -0.25) is 13.8 Å². The van der Waals surface area contributed by atoms with E-state index in [9.17, 15) is 14.3 Å². The van der Waals surface area contributed by atoms with Gasteiger partial charge in [0.1, 0.15) is 19.3 Å². The molecule has 0 saturated carbocycles. The van der Waals surface area contributed by atoms with Crippen molar-refractivity contribution in [1.82, 2.24) is 0 Å². The van der Waals surface area contributed by atoms with Crippen LogP contribution < -0.4 is 0 Å². The molecule has 0 aromatic heterocycles. The molecular weight excluding hydrogens is 926 g/mol. The van der Waals surface area contributed by atoms with Crippen molar-refractivity contribution in [2.24, 2.45) is 0 Å². The molecule has 1 N–H and O–H groups in total. The van der Waals surface area contributed by atoms with Gasteiger partial charge in [-0.2, -0.15) is 0 Å². The molecule has 0 aliphatic heterocycles. The minimum atomic E-state index is -4.30. The molecule has 0 saturated heterocycles. The molecule has 418 valence electrons. The van der Waals surface area contributed by atoms with Gasteiger partial charge in [0, 0.05) is 13.0 Å². The number of carbonyl (C=O) groups is 1. The standard InChI is InChI=1S/C64H110NO7P/c1-6-8-10-12-14-16-18-20-22-24-26-28-30-32-34-36-38-40-42-44-46-48-50-52-54-56-59-69-61-63(62-71-73(67,68)70-60-58-65(3,4)5)72-64(66)57-55-53-51-49-47-45-43-41-39-37-35-33-31-29-27-25-23-21-19-17-15-13-11-9-7-2/h8,10,14,16,19-22,25-28,31-34,38,40,44,46,63H,6-7,9,11-13,15,17-18,23-24,29-30,35-37,39,41-43,45,47-62H2,1-5H3/p+1/b10-8-,16-14-,21-19-,22-20-,27-25-,28-26-,33-31-,34-32-,40-38-,46-44-. The van der Waals surface area contributed by atoms with Crippen molar-refractivity contribution in [2.45, 2.75) is 225 Å². The molecule has 0 heterocycles. The molecule has 0 fully saturated rings. The van der Waals surface area contributed by atoms with Crippen LogP contribution in [-0.4, -0.2) is 75.6 Å². The highest BCUT2D eigenvalue weighted by molar-refractivity contribution is 7.47. The third-order valence-corrected chi connectivity index (χ3v) is 13.0. The second-order valence-corrected chi connectivity index (χ2v) is 21.7. The first kappa shape index (κ1) is 69.9. The summed E-state index contributed by atoms with van der Waals surface area (Å²) in [5.74, 6) is -0.331. The van der Waals surface area contributed by atoms with Crippen LogP contribution in [0.25, 0.3) is 0 Å². The molecule has 0 aliphatic carbocycles. The van der Waals surface area contributed by atoms with Crippen molar-refractivity contribution in [1.29, 1.82) is 0 Å². The first-order valence-electron chi connectivity index (χ1n) is 29.3. The second-order valence-electron chi connectivity index (χ2n) is 20.3. The Morgan fingerprint density at radius 3 is 1.19 bits per heavy atom. The maximum atomic E-state index is 12.8. The number of unbranched alkanes of at least 4 members (excludes halogenated alkanes) is 19. The number of ether oxygens (including phenoxy) is 2. The molecular formula is C64H111NO7P+. The molecule has 0 aromatic rings. The van der Waals surface area contributed by atoms with Crippen LogP contribution in [-0.2, 0) is 27.9 Å². The van der Waals surface area contributed by atoms with Crippen molar-refractivity contribution in [2.75, 3.05) is 54.1 Å². The maximum absolute atomic E-state index is 12.8. The number of phosphoric ester groups is 1. The van der Waals surface area contributed by atoms with Gasteiger partial charge < -0.3 is 18.9 Å². The Kier molecular flexibility index (Phi) is 52.8. The number of phosphoric acid groups is 1. The lowest BCUT2D eigenvalue weighted by Gasteiger charge is -2.24. The number of likely N-dealkylation sites (N-methyl/N-ethyl adjacent to an activating group) is 1. The van der Waals surface area contributed by atoms with Gasteiger partial charge in [0.15, 0.2) is 0 Å². The first-order chi connectivity index (χ1) is 35.6. The van der Waals surface area contributed by atoms with Crippen LogP contribution >= 0.6 is 7.82 Å².